The van der Waals surface area contributed by atoms with Gasteiger partial charge in [-0.2, -0.15) is 0 Å². The lowest BCUT2D eigenvalue weighted by Gasteiger charge is -2.33. The van der Waals surface area contributed by atoms with Crippen LogP contribution in [0, 0.1) is 10.1 Å². The van der Waals surface area contributed by atoms with E-state index in [1.807, 2.05) is 0 Å². The first-order valence-corrected chi connectivity index (χ1v) is 14.7. The first kappa shape index (κ1) is 31.9. The summed E-state index contributed by atoms with van der Waals surface area (Å²) >= 11 is 12.4. The number of amides is 2. The quantitative estimate of drug-likeness (QED) is 0.238. The summed E-state index contributed by atoms with van der Waals surface area (Å²) in [5.41, 5.74) is -0.320. The molecule has 0 spiro atoms. The van der Waals surface area contributed by atoms with E-state index < -0.39 is 44.9 Å². The molecule has 218 valence electrons. The Morgan fingerprint density at radius 3 is 2.15 bits per heavy atom. The summed E-state index contributed by atoms with van der Waals surface area (Å²) in [6.07, 6.45) is 0. The van der Waals surface area contributed by atoms with Crippen LogP contribution in [0.25, 0.3) is 0 Å². The van der Waals surface area contributed by atoms with Crippen LogP contribution in [-0.2, 0) is 26.2 Å². The van der Waals surface area contributed by atoms with E-state index in [4.69, 9.17) is 23.2 Å². The van der Waals surface area contributed by atoms with Gasteiger partial charge in [0.2, 0.25) is 11.8 Å². The monoisotopic (exact) mass is 620 g/mol. The summed E-state index contributed by atoms with van der Waals surface area (Å²) in [7, 11) is -4.31. The van der Waals surface area contributed by atoms with E-state index >= 15 is 0 Å². The lowest BCUT2D eigenvalue weighted by Crippen LogP contribution is -2.54. The number of hydrogen-bond donors (Lipinski definition) is 1. The molecule has 0 heterocycles. The summed E-state index contributed by atoms with van der Waals surface area (Å²) in [5, 5.41) is 14.7. The number of hydrogen-bond acceptors (Lipinski definition) is 6. The number of anilines is 1. The Morgan fingerprint density at radius 1 is 1.00 bits per heavy atom. The number of carbonyl (C=O) groups excluding carboxylic acids is 2. The zero-order chi connectivity index (χ0) is 30.5. The normalized spacial score (nSPS) is 12.3. The third-order valence-electron chi connectivity index (χ3n) is 5.98. The fourth-order valence-electron chi connectivity index (χ4n) is 3.88. The molecule has 1 atom stereocenters. The number of nitro groups is 1. The maximum absolute atomic E-state index is 13.9. The number of nitrogens with one attached hydrogen (secondary N) is 1. The minimum atomic E-state index is -4.31. The molecule has 0 radical (unpaired) electrons. The predicted molar refractivity (Wildman–Crippen MR) is 158 cm³/mol. The molecule has 0 aromatic heterocycles. The van der Waals surface area contributed by atoms with Gasteiger partial charge in [0.15, 0.2) is 0 Å². The maximum atomic E-state index is 13.9. The van der Waals surface area contributed by atoms with Crippen LogP contribution in [-0.4, -0.2) is 48.2 Å². The number of rotatable bonds is 10. The van der Waals surface area contributed by atoms with Crippen LogP contribution in [0.5, 0.6) is 0 Å². The van der Waals surface area contributed by atoms with Crippen LogP contribution < -0.4 is 9.62 Å². The number of benzene rings is 3. The van der Waals surface area contributed by atoms with Crippen LogP contribution >= 0.6 is 23.2 Å². The summed E-state index contributed by atoms with van der Waals surface area (Å²) in [4.78, 5) is 38.8. The lowest BCUT2D eigenvalue weighted by atomic mass is 10.1. The van der Waals surface area contributed by atoms with Crippen molar-refractivity contribution in [1.82, 2.24) is 10.2 Å². The van der Waals surface area contributed by atoms with Gasteiger partial charge in [-0.3, -0.25) is 24.0 Å². The minimum Gasteiger partial charge on any atom is -0.350 e. The Balaban J connectivity index is 2.07. The van der Waals surface area contributed by atoms with Crippen molar-refractivity contribution in [2.75, 3.05) is 10.8 Å². The topological polar surface area (TPSA) is 130 Å². The van der Waals surface area contributed by atoms with Gasteiger partial charge in [-0.25, -0.2) is 8.42 Å². The second kappa shape index (κ2) is 12.9. The van der Waals surface area contributed by atoms with Crippen LogP contribution in [0.1, 0.15) is 33.3 Å². The molecule has 3 rings (SSSR count). The van der Waals surface area contributed by atoms with E-state index in [1.54, 1.807) is 39.0 Å². The number of sulfonamides is 1. The van der Waals surface area contributed by atoms with Crippen LogP contribution in [0.3, 0.4) is 0 Å². The number of nitrogens with zero attached hydrogens (tertiary/aromatic N) is 3. The van der Waals surface area contributed by atoms with Gasteiger partial charge < -0.3 is 10.2 Å². The highest BCUT2D eigenvalue weighted by Crippen LogP contribution is 2.28. The molecule has 13 heteroatoms. The van der Waals surface area contributed by atoms with Crippen molar-refractivity contribution >= 4 is 56.4 Å². The molecule has 3 aromatic rings. The fourth-order valence-corrected chi connectivity index (χ4v) is 5.78. The first-order chi connectivity index (χ1) is 19.1. The van der Waals surface area contributed by atoms with E-state index in [0.717, 1.165) is 16.4 Å². The van der Waals surface area contributed by atoms with Crippen molar-refractivity contribution in [3.05, 3.63) is 98.5 Å². The number of nitro benzene ring substituents is 1. The molecule has 0 saturated heterocycles. The highest BCUT2D eigenvalue weighted by Gasteiger charge is 2.33. The van der Waals surface area contributed by atoms with Crippen molar-refractivity contribution in [1.29, 1.82) is 0 Å². The van der Waals surface area contributed by atoms with Crippen molar-refractivity contribution < 1.29 is 22.9 Å². The molecule has 0 aliphatic carbocycles. The van der Waals surface area contributed by atoms with Gasteiger partial charge in [0.05, 0.1) is 15.5 Å². The van der Waals surface area contributed by atoms with Gasteiger partial charge in [-0.05, 0) is 69.7 Å². The van der Waals surface area contributed by atoms with E-state index in [9.17, 15) is 28.1 Å². The Hall–Kier alpha value is -3.67. The minimum absolute atomic E-state index is 0.0316. The highest BCUT2D eigenvalue weighted by atomic mass is 35.5. The second-order valence-electron chi connectivity index (χ2n) is 10.3. The second-order valence-corrected chi connectivity index (χ2v) is 13.0. The van der Waals surface area contributed by atoms with Gasteiger partial charge in [0, 0.05) is 34.3 Å². The molecule has 1 N–H and O–H groups in total. The zero-order valence-corrected chi connectivity index (χ0v) is 25.2. The molecule has 0 aliphatic rings. The largest absolute Gasteiger partial charge is 0.350 e. The molecule has 2 amide bonds. The van der Waals surface area contributed by atoms with Crippen molar-refractivity contribution in [3.63, 3.8) is 0 Å². The molecule has 0 bridgehead atoms. The highest BCUT2D eigenvalue weighted by molar-refractivity contribution is 7.92. The smallest absolute Gasteiger partial charge is 0.269 e. The Labute approximate surface area is 249 Å². The summed E-state index contributed by atoms with van der Waals surface area (Å²) in [6, 6.07) is 16.0. The van der Waals surface area contributed by atoms with Crippen LogP contribution in [0.15, 0.2) is 77.7 Å². The third kappa shape index (κ3) is 8.18. The van der Waals surface area contributed by atoms with E-state index in [-0.39, 0.29) is 27.8 Å². The summed E-state index contributed by atoms with van der Waals surface area (Å²) < 4.78 is 28.4. The van der Waals surface area contributed by atoms with E-state index in [1.165, 1.54) is 54.3 Å². The van der Waals surface area contributed by atoms with Gasteiger partial charge in [0.1, 0.15) is 12.6 Å². The molecule has 0 saturated carbocycles. The van der Waals surface area contributed by atoms with Crippen molar-refractivity contribution in [2.24, 2.45) is 0 Å². The van der Waals surface area contributed by atoms with Gasteiger partial charge in [-0.15, -0.1) is 0 Å². The van der Waals surface area contributed by atoms with Crippen LogP contribution in [0.4, 0.5) is 11.4 Å². The standard InChI is InChI=1S/C28H30Cl2N4O6S/c1-19(27(36)31-28(2,3)4)32(17-20-10-11-21(29)16-25(20)30)26(35)18-33(22-12-14-23(15-13-22)34(37)38)41(39,40)24-8-6-5-7-9-24/h5-16,19H,17-18H2,1-4H3,(H,31,36)/t19-/m0/s1. The molecule has 10 nitrogen and oxygen atoms in total. The number of carbonyl (C=O) groups is 2. The SMILES string of the molecule is C[C@@H](C(=O)NC(C)(C)C)N(Cc1ccc(Cl)cc1Cl)C(=O)CN(c1ccc([N+](=O)[O-])cc1)S(=O)(=O)c1ccccc1. The molecule has 0 aliphatic heterocycles. The van der Waals surface area contributed by atoms with Crippen LogP contribution in [0.2, 0.25) is 10.0 Å². The maximum Gasteiger partial charge on any atom is 0.269 e. The predicted octanol–water partition coefficient (Wildman–Crippen LogP) is 5.43. The number of non-ortho nitro benzene ring substituents is 1. The van der Waals surface area contributed by atoms with Gasteiger partial charge in [-0.1, -0.05) is 47.5 Å². The van der Waals surface area contributed by atoms with Crippen molar-refractivity contribution in [2.45, 2.75) is 50.7 Å². The Kier molecular flexibility index (Phi) is 10.0. The average molecular weight is 622 g/mol. The first-order valence-electron chi connectivity index (χ1n) is 12.5. The molecule has 41 heavy (non-hydrogen) atoms. The fraction of sp³-hybridized carbons (Fsp3) is 0.286. The molecule has 3 aromatic carbocycles. The lowest BCUT2D eigenvalue weighted by molar-refractivity contribution is -0.384. The van der Waals surface area contributed by atoms with Crippen molar-refractivity contribution in [3.8, 4) is 0 Å². The molecule has 0 unspecified atom stereocenters. The third-order valence-corrected chi connectivity index (χ3v) is 8.35. The number of halogens is 2. The Bertz CT molecular complexity index is 1530. The molecular weight excluding hydrogens is 591 g/mol. The zero-order valence-electron chi connectivity index (χ0n) is 22.9. The van der Waals surface area contributed by atoms with E-state index in [0.29, 0.717) is 10.6 Å². The van der Waals surface area contributed by atoms with Gasteiger partial charge >= 0.3 is 0 Å². The molecular formula is C28H30Cl2N4O6S. The van der Waals surface area contributed by atoms with E-state index in [2.05, 4.69) is 5.32 Å². The summed E-state index contributed by atoms with van der Waals surface area (Å²) in [6.45, 7) is 6.10. The average Bonchev–Trinajstić information content (AvgIpc) is 2.90. The summed E-state index contributed by atoms with van der Waals surface area (Å²) in [5.74, 6) is -1.16. The Morgan fingerprint density at radius 2 is 1.61 bits per heavy atom. The molecule has 0 fully saturated rings. The van der Waals surface area contributed by atoms with Gasteiger partial charge in [0.25, 0.3) is 15.7 Å².